The van der Waals surface area contributed by atoms with E-state index in [0.29, 0.717) is 11.3 Å². The molecule has 4 N–H and O–H groups in total. The lowest BCUT2D eigenvalue weighted by Crippen LogP contribution is -2.20. The van der Waals surface area contributed by atoms with Gasteiger partial charge in [0.15, 0.2) is 0 Å². The molecule has 2 heterocycles. The van der Waals surface area contributed by atoms with E-state index in [0.717, 1.165) is 0 Å². The van der Waals surface area contributed by atoms with Gasteiger partial charge in [0.25, 0.3) is 11.8 Å². The molecule has 9 nitrogen and oxygen atoms in total. The summed E-state index contributed by atoms with van der Waals surface area (Å²) in [5, 5.41) is 8.57. The summed E-state index contributed by atoms with van der Waals surface area (Å²) >= 11 is 0. The lowest BCUT2D eigenvalue weighted by molar-refractivity contribution is -0.116. The highest BCUT2D eigenvalue weighted by molar-refractivity contribution is 6.22. The lowest BCUT2D eigenvalue weighted by Gasteiger charge is -2.06. The predicted molar refractivity (Wildman–Crippen MR) is 71.3 cm³/mol. The van der Waals surface area contributed by atoms with Gasteiger partial charge in [-0.2, -0.15) is 0 Å². The average molecular weight is 286 g/mol. The van der Waals surface area contributed by atoms with Crippen LogP contribution in [-0.4, -0.2) is 32.5 Å². The molecule has 9 heteroatoms. The van der Waals surface area contributed by atoms with Crippen LogP contribution in [0.2, 0.25) is 0 Å². The zero-order valence-electron chi connectivity index (χ0n) is 10.7. The van der Waals surface area contributed by atoms with Gasteiger partial charge in [0.05, 0.1) is 11.1 Å². The Labute approximate surface area is 118 Å². The van der Waals surface area contributed by atoms with Gasteiger partial charge in [-0.3, -0.25) is 19.7 Å². The molecule has 0 unspecified atom stereocenters. The molecular weight excluding hydrogens is 276 g/mol. The van der Waals surface area contributed by atoms with E-state index in [-0.39, 0.29) is 24.0 Å². The normalized spacial score (nSPS) is 13.0. The molecule has 0 aliphatic carbocycles. The Bertz CT molecular complexity index is 766. The second kappa shape index (κ2) is 4.71. The summed E-state index contributed by atoms with van der Waals surface area (Å²) in [6.07, 6.45) is 1.34. The number of nitrogens with two attached hydrogens (primary N) is 1. The van der Waals surface area contributed by atoms with Crippen LogP contribution < -0.4 is 16.4 Å². The average Bonchev–Trinajstić information content (AvgIpc) is 2.94. The fraction of sp³-hybridized carbons (Fsp3) is 0.0833. The van der Waals surface area contributed by atoms with Crippen molar-refractivity contribution < 1.29 is 14.4 Å². The molecule has 1 aliphatic rings. The number of hydrogen-bond acceptors (Lipinski definition) is 6. The topological polar surface area (TPSA) is 132 Å². The van der Waals surface area contributed by atoms with Crippen LogP contribution in [0.4, 0.5) is 11.6 Å². The number of rotatable bonds is 3. The number of aromatic nitrogens is 3. The molecule has 0 saturated heterocycles. The minimum absolute atomic E-state index is 0.0631. The standard InChI is InChI=1S/C12H10N6O3/c13-12-14-5-18(17-12)4-9(19)15-6-1-2-7-8(3-6)11(21)16-10(7)20/h1-3,5H,4H2,(H2,13,17)(H,15,19)(H,16,20,21). The number of carbonyl (C=O) groups is 3. The highest BCUT2D eigenvalue weighted by Crippen LogP contribution is 2.20. The van der Waals surface area contributed by atoms with E-state index in [1.54, 1.807) is 6.07 Å². The summed E-state index contributed by atoms with van der Waals surface area (Å²) in [5.41, 5.74) is 6.29. The van der Waals surface area contributed by atoms with Crippen molar-refractivity contribution in [1.29, 1.82) is 0 Å². The first-order chi connectivity index (χ1) is 10.0. The van der Waals surface area contributed by atoms with E-state index in [1.165, 1.54) is 23.1 Å². The smallest absolute Gasteiger partial charge is 0.259 e. The molecule has 21 heavy (non-hydrogen) atoms. The molecule has 3 amide bonds. The Morgan fingerprint density at radius 1 is 1.29 bits per heavy atom. The molecule has 0 atom stereocenters. The van der Waals surface area contributed by atoms with E-state index >= 15 is 0 Å². The van der Waals surface area contributed by atoms with E-state index in [1.807, 2.05) is 0 Å². The van der Waals surface area contributed by atoms with Crippen LogP contribution in [0, 0.1) is 0 Å². The fourth-order valence-electron chi connectivity index (χ4n) is 1.98. The molecule has 0 saturated carbocycles. The van der Waals surface area contributed by atoms with E-state index < -0.39 is 11.8 Å². The third-order valence-corrected chi connectivity index (χ3v) is 2.88. The van der Waals surface area contributed by atoms with Gasteiger partial charge in [-0.1, -0.05) is 0 Å². The number of carbonyl (C=O) groups excluding carboxylic acids is 3. The number of imide groups is 1. The highest BCUT2D eigenvalue weighted by Gasteiger charge is 2.26. The molecule has 106 valence electrons. The molecule has 0 radical (unpaired) electrons. The first kappa shape index (κ1) is 12.8. The maximum atomic E-state index is 11.8. The number of amides is 3. The monoisotopic (exact) mass is 286 g/mol. The number of fused-ring (bicyclic) bond motifs is 1. The molecule has 1 aromatic heterocycles. The van der Waals surface area contributed by atoms with Crippen molar-refractivity contribution in [1.82, 2.24) is 20.1 Å². The minimum Gasteiger partial charge on any atom is -0.367 e. The van der Waals surface area contributed by atoms with Crippen LogP contribution in [0.5, 0.6) is 0 Å². The van der Waals surface area contributed by atoms with Crippen LogP contribution in [0.15, 0.2) is 24.5 Å². The van der Waals surface area contributed by atoms with Crippen LogP contribution in [0.25, 0.3) is 0 Å². The van der Waals surface area contributed by atoms with Gasteiger partial charge in [0, 0.05) is 5.69 Å². The number of benzene rings is 1. The zero-order chi connectivity index (χ0) is 15.0. The first-order valence-electron chi connectivity index (χ1n) is 5.97. The Morgan fingerprint density at radius 2 is 2.05 bits per heavy atom. The Morgan fingerprint density at radius 3 is 2.76 bits per heavy atom. The van der Waals surface area contributed by atoms with Gasteiger partial charge in [-0.05, 0) is 18.2 Å². The fourth-order valence-corrected chi connectivity index (χ4v) is 1.98. The second-order valence-electron chi connectivity index (χ2n) is 4.39. The van der Waals surface area contributed by atoms with E-state index in [2.05, 4.69) is 20.7 Å². The van der Waals surface area contributed by atoms with Gasteiger partial charge < -0.3 is 11.1 Å². The summed E-state index contributed by atoms with van der Waals surface area (Å²) in [7, 11) is 0. The summed E-state index contributed by atoms with van der Waals surface area (Å²) < 4.78 is 1.29. The van der Waals surface area contributed by atoms with Gasteiger partial charge in [0.2, 0.25) is 11.9 Å². The highest BCUT2D eigenvalue weighted by atomic mass is 16.2. The van der Waals surface area contributed by atoms with Crippen LogP contribution in [0.3, 0.4) is 0 Å². The third kappa shape index (κ3) is 2.43. The van der Waals surface area contributed by atoms with Crippen molar-refractivity contribution >= 4 is 29.4 Å². The van der Waals surface area contributed by atoms with Crippen molar-refractivity contribution in [3.05, 3.63) is 35.7 Å². The predicted octanol–water partition coefficient (Wildman–Crippen LogP) is -0.617. The van der Waals surface area contributed by atoms with Gasteiger partial charge in [-0.25, -0.2) is 9.67 Å². The molecule has 0 fully saturated rings. The van der Waals surface area contributed by atoms with Crippen molar-refractivity contribution in [2.24, 2.45) is 0 Å². The SMILES string of the molecule is Nc1ncn(CC(=O)Nc2ccc3c(c2)C(=O)NC3=O)n1. The Hall–Kier alpha value is -3.23. The largest absolute Gasteiger partial charge is 0.367 e. The number of nitrogens with zero attached hydrogens (tertiary/aromatic N) is 3. The third-order valence-electron chi connectivity index (χ3n) is 2.88. The minimum atomic E-state index is -0.477. The summed E-state index contributed by atoms with van der Waals surface area (Å²) in [6, 6.07) is 4.48. The second-order valence-corrected chi connectivity index (χ2v) is 4.39. The van der Waals surface area contributed by atoms with Crippen molar-refractivity contribution in [3.8, 4) is 0 Å². The number of nitrogen functional groups attached to an aromatic ring is 1. The Balaban J connectivity index is 1.74. The number of hydrogen-bond donors (Lipinski definition) is 3. The quantitative estimate of drug-likeness (QED) is 0.644. The molecule has 2 aromatic rings. The van der Waals surface area contributed by atoms with Crippen LogP contribution >= 0.6 is 0 Å². The van der Waals surface area contributed by atoms with Crippen molar-refractivity contribution in [2.75, 3.05) is 11.1 Å². The van der Waals surface area contributed by atoms with Crippen LogP contribution in [-0.2, 0) is 11.3 Å². The van der Waals surface area contributed by atoms with E-state index in [4.69, 9.17) is 5.73 Å². The maximum Gasteiger partial charge on any atom is 0.259 e. The molecule has 3 rings (SSSR count). The van der Waals surface area contributed by atoms with E-state index in [9.17, 15) is 14.4 Å². The summed E-state index contributed by atoms with van der Waals surface area (Å²) in [6.45, 7) is -0.0631. The molecule has 0 spiro atoms. The summed E-state index contributed by atoms with van der Waals surface area (Å²) in [4.78, 5) is 38.5. The Kier molecular flexibility index (Phi) is 2.87. The molecule has 0 bridgehead atoms. The summed E-state index contributed by atoms with van der Waals surface area (Å²) in [5.74, 6) is -1.19. The number of nitrogens with one attached hydrogen (secondary N) is 2. The first-order valence-corrected chi connectivity index (χ1v) is 5.97. The molecular formula is C12H10N6O3. The van der Waals surface area contributed by atoms with Crippen LogP contribution in [0.1, 0.15) is 20.7 Å². The molecule has 1 aromatic carbocycles. The van der Waals surface area contributed by atoms with Gasteiger partial charge in [-0.15, -0.1) is 5.10 Å². The molecule has 1 aliphatic heterocycles. The van der Waals surface area contributed by atoms with Gasteiger partial charge in [0.1, 0.15) is 12.9 Å². The van der Waals surface area contributed by atoms with Gasteiger partial charge >= 0.3 is 0 Å². The lowest BCUT2D eigenvalue weighted by atomic mass is 10.1. The number of anilines is 2. The van der Waals surface area contributed by atoms with Crippen molar-refractivity contribution in [3.63, 3.8) is 0 Å². The zero-order valence-corrected chi connectivity index (χ0v) is 10.7. The maximum absolute atomic E-state index is 11.8. The van der Waals surface area contributed by atoms with Crippen molar-refractivity contribution in [2.45, 2.75) is 6.54 Å².